The van der Waals surface area contributed by atoms with Gasteiger partial charge in [-0.3, -0.25) is 0 Å². The van der Waals surface area contributed by atoms with Crippen molar-refractivity contribution in [2.75, 3.05) is 24.5 Å². The molecule has 0 radical (unpaired) electrons. The second kappa shape index (κ2) is 9.43. The van der Waals surface area contributed by atoms with Crippen molar-refractivity contribution in [2.45, 2.75) is 33.4 Å². The molecule has 0 saturated heterocycles. The fourth-order valence-corrected chi connectivity index (χ4v) is 3.83. The Balaban J connectivity index is 1.60. The zero-order valence-electron chi connectivity index (χ0n) is 15.7. The summed E-state index contributed by atoms with van der Waals surface area (Å²) in [5, 5.41) is 6.78. The molecule has 0 fully saturated rings. The first-order valence-electron chi connectivity index (χ1n) is 9.37. The fourth-order valence-electron chi connectivity index (χ4n) is 2.93. The van der Waals surface area contributed by atoms with Crippen molar-refractivity contribution in [3.05, 3.63) is 63.9 Å². The van der Waals surface area contributed by atoms with Crippen LogP contribution in [0.25, 0.3) is 0 Å². The topological polar surface area (TPSA) is 39.7 Å². The van der Waals surface area contributed by atoms with Crippen molar-refractivity contribution in [1.29, 1.82) is 0 Å². The van der Waals surface area contributed by atoms with E-state index in [1.165, 1.54) is 21.0 Å². The number of nitrogens with zero attached hydrogens (tertiary/aromatic N) is 2. The van der Waals surface area contributed by atoms with E-state index >= 15 is 0 Å². The van der Waals surface area contributed by atoms with E-state index in [2.05, 4.69) is 77.9 Å². The van der Waals surface area contributed by atoms with Crippen molar-refractivity contribution < 1.29 is 0 Å². The van der Waals surface area contributed by atoms with Gasteiger partial charge >= 0.3 is 0 Å². The standard InChI is InChI=1S/C21H28N4S/c1-3-19-10-11-20(26-19)16-24-21(22-4-2)23-15-17-8-7-9-18(14-17)25-12-5-6-13-25/h5-11,14H,3-4,12-13,15-16H2,1-2H3,(H2,22,23,24). The van der Waals surface area contributed by atoms with E-state index in [0.29, 0.717) is 6.54 Å². The number of guanidine groups is 1. The molecule has 1 aliphatic rings. The lowest BCUT2D eigenvalue weighted by Gasteiger charge is -2.18. The number of aryl methyl sites for hydroxylation is 1. The molecule has 1 aromatic carbocycles. The lowest BCUT2D eigenvalue weighted by Crippen LogP contribution is -2.36. The van der Waals surface area contributed by atoms with Crippen LogP contribution in [0, 0.1) is 0 Å². The Morgan fingerprint density at radius 2 is 1.88 bits per heavy atom. The summed E-state index contributed by atoms with van der Waals surface area (Å²) < 4.78 is 0. The van der Waals surface area contributed by atoms with Crippen LogP contribution in [0.4, 0.5) is 5.69 Å². The minimum atomic E-state index is 0.676. The van der Waals surface area contributed by atoms with Crippen LogP contribution in [0.5, 0.6) is 0 Å². The molecule has 0 spiro atoms. The van der Waals surface area contributed by atoms with E-state index in [4.69, 9.17) is 4.99 Å². The largest absolute Gasteiger partial charge is 0.364 e. The third-order valence-corrected chi connectivity index (χ3v) is 5.58. The molecule has 0 unspecified atom stereocenters. The highest BCUT2D eigenvalue weighted by molar-refractivity contribution is 7.11. The van der Waals surface area contributed by atoms with Crippen LogP contribution >= 0.6 is 11.3 Å². The minimum Gasteiger partial charge on any atom is -0.364 e. The molecule has 1 aromatic heterocycles. The number of nitrogens with one attached hydrogen (secondary N) is 2. The number of hydrogen-bond acceptors (Lipinski definition) is 3. The molecular formula is C21H28N4S. The Morgan fingerprint density at radius 1 is 1.08 bits per heavy atom. The van der Waals surface area contributed by atoms with E-state index in [1.807, 2.05) is 11.3 Å². The summed E-state index contributed by atoms with van der Waals surface area (Å²) in [6.45, 7) is 8.63. The molecule has 0 atom stereocenters. The van der Waals surface area contributed by atoms with Gasteiger partial charge in [-0.1, -0.05) is 31.2 Å². The van der Waals surface area contributed by atoms with Gasteiger partial charge < -0.3 is 15.5 Å². The van der Waals surface area contributed by atoms with Gasteiger partial charge in [0, 0.05) is 35.1 Å². The molecule has 0 saturated carbocycles. The summed E-state index contributed by atoms with van der Waals surface area (Å²) >= 11 is 1.87. The van der Waals surface area contributed by atoms with Gasteiger partial charge in [-0.2, -0.15) is 0 Å². The Bertz CT molecular complexity index is 755. The smallest absolute Gasteiger partial charge is 0.191 e. The van der Waals surface area contributed by atoms with Crippen LogP contribution in [-0.4, -0.2) is 25.6 Å². The van der Waals surface area contributed by atoms with Crippen molar-refractivity contribution in [2.24, 2.45) is 4.99 Å². The first-order valence-corrected chi connectivity index (χ1v) is 10.2. The highest BCUT2D eigenvalue weighted by atomic mass is 32.1. The molecule has 1 aliphatic heterocycles. The maximum Gasteiger partial charge on any atom is 0.191 e. The SMILES string of the molecule is CCNC(=NCc1cccc(N2CC=CC2)c1)NCc1ccc(CC)s1. The third kappa shape index (κ3) is 5.11. The van der Waals surface area contributed by atoms with E-state index < -0.39 is 0 Å². The highest BCUT2D eigenvalue weighted by Gasteiger charge is 2.08. The maximum absolute atomic E-state index is 4.76. The molecule has 26 heavy (non-hydrogen) atoms. The predicted octanol–water partition coefficient (Wildman–Crippen LogP) is 3.94. The van der Waals surface area contributed by atoms with Gasteiger partial charge in [-0.15, -0.1) is 11.3 Å². The van der Waals surface area contributed by atoms with E-state index in [0.717, 1.165) is 38.6 Å². The summed E-state index contributed by atoms with van der Waals surface area (Å²) in [7, 11) is 0. The van der Waals surface area contributed by atoms with E-state index in [9.17, 15) is 0 Å². The summed E-state index contributed by atoms with van der Waals surface area (Å²) in [6.07, 6.45) is 5.53. The normalized spacial score (nSPS) is 14.1. The Morgan fingerprint density at radius 3 is 2.62 bits per heavy atom. The molecule has 3 rings (SSSR count). The first kappa shape index (κ1) is 18.5. The van der Waals surface area contributed by atoms with Gasteiger partial charge in [-0.25, -0.2) is 4.99 Å². The average Bonchev–Trinajstić information content (AvgIpc) is 3.36. The molecule has 5 heteroatoms. The number of benzene rings is 1. The number of aliphatic imine (C=N–C) groups is 1. The second-order valence-electron chi connectivity index (χ2n) is 6.32. The second-order valence-corrected chi connectivity index (χ2v) is 7.57. The highest BCUT2D eigenvalue weighted by Crippen LogP contribution is 2.19. The minimum absolute atomic E-state index is 0.676. The van der Waals surface area contributed by atoms with Crippen LogP contribution in [0.1, 0.15) is 29.2 Å². The number of anilines is 1. The molecule has 4 nitrogen and oxygen atoms in total. The summed E-state index contributed by atoms with van der Waals surface area (Å²) in [5.74, 6) is 0.868. The van der Waals surface area contributed by atoms with Crippen LogP contribution in [-0.2, 0) is 19.5 Å². The molecule has 2 N–H and O–H groups in total. The molecule has 0 bridgehead atoms. The summed E-state index contributed by atoms with van der Waals surface area (Å²) in [5.41, 5.74) is 2.50. The van der Waals surface area contributed by atoms with Gasteiger partial charge in [0.25, 0.3) is 0 Å². The van der Waals surface area contributed by atoms with Crippen LogP contribution in [0.3, 0.4) is 0 Å². The molecule has 0 amide bonds. The Labute approximate surface area is 160 Å². The quantitative estimate of drug-likeness (QED) is 0.442. The first-order chi connectivity index (χ1) is 12.8. The maximum atomic E-state index is 4.76. The lowest BCUT2D eigenvalue weighted by atomic mass is 10.2. The molecule has 2 aromatic rings. The van der Waals surface area contributed by atoms with Gasteiger partial charge in [0.1, 0.15) is 0 Å². The van der Waals surface area contributed by atoms with Crippen LogP contribution < -0.4 is 15.5 Å². The molecule has 0 aliphatic carbocycles. The van der Waals surface area contributed by atoms with Crippen LogP contribution in [0.2, 0.25) is 0 Å². The van der Waals surface area contributed by atoms with E-state index in [1.54, 1.807) is 0 Å². The van der Waals surface area contributed by atoms with Crippen molar-refractivity contribution in [1.82, 2.24) is 10.6 Å². The van der Waals surface area contributed by atoms with E-state index in [-0.39, 0.29) is 0 Å². The van der Waals surface area contributed by atoms with Gasteiger partial charge in [0.2, 0.25) is 0 Å². The number of rotatable bonds is 7. The van der Waals surface area contributed by atoms with Gasteiger partial charge in [0.15, 0.2) is 5.96 Å². The average molecular weight is 369 g/mol. The summed E-state index contributed by atoms with van der Waals surface area (Å²) in [6, 6.07) is 13.1. The zero-order valence-corrected chi connectivity index (χ0v) is 16.5. The third-order valence-electron chi connectivity index (χ3n) is 4.35. The molecule has 2 heterocycles. The molecular weight excluding hydrogens is 340 g/mol. The number of hydrogen-bond donors (Lipinski definition) is 2. The summed E-state index contributed by atoms with van der Waals surface area (Å²) in [4.78, 5) is 9.89. The van der Waals surface area contributed by atoms with Gasteiger partial charge in [-0.05, 0) is 43.2 Å². The predicted molar refractivity (Wildman–Crippen MR) is 113 cm³/mol. The Hall–Kier alpha value is -2.27. The van der Waals surface area contributed by atoms with Gasteiger partial charge in [0.05, 0.1) is 13.1 Å². The van der Waals surface area contributed by atoms with Crippen molar-refractivity contribution in [3.8, 4) is 0 Å². The number of thiophene rings is 1. The molecule has 138 valence electrons. The monoisotopic (exact) mass is 368 g/mol. The van der Waals surface area contributed by atoms with Crippen molar-refractivity contribution in [3.63, 3.8) is 0 Å². The van der Waals surface area contributed by atoms with Crippen molar-refractivity contribution >= 4 is 23.0 Å². The Kier molecular flexibility index (Phi) is 6.72. The zero-order chi connectivity index (χ0) is 18.2. The lowest BCUT2D eigenvalue weighted by molar-refractivity contribution is 0.823. The fraction of sp³-hybridized carbons (Fsp3) is 0.381. The van der Waals surface area contributed by atoms with Crippen LogP contribution in [0.15, 0.2) is 53.5 Å².